The van der Waals surface area contributed by atoms with Gasteiger partial charge in [-0.15, -0.1) is 12.4 Å². The summed E-state index contributed by atoms with van der Waals surface area (Å²) in [5, 5.41) is 8.82. The van der Waals surface area contributed by atoms with Crippen molar-refractivity contribution in [3.05, 3.63) is 58.4 Å². The Morgan fingerprint density at radius 1 is 1.41 bits per heavy atom. The molecule has 1 atom stereocenters. The highest BCUT2D eigenvalue weighted by molar-refractivity contribution is 6.31. The molecule has 0 spiro atoms. The van der Waals surface area contributed by atoms with Gasteiger partial charge in [0.1, 0.15) is 0 Å². The van der Waals surface area contributed by atoms with Crippen LogP contribution in [0.3, 0.4) is 0 Å². The van der Waals surface area contributed by atoms with E-state index in [1.165, 1.54) is 0 Å². The highest BCUT2D eigenvalue weighted by Crippen LogP contribution is 2.30. The van der Waals surface area contributed by atoms with Crippen LogP contribution in [0.15, 0.2) is 41.1 Å². The molecule has 142 valence electrons. The van der Waals surface area contributed by atoms with Crippen LogP contribution in [0.25, 0.3) is 11.1 Å². The number of halogens is 2. The number of aryl methyl sites for hydroxylation is 1. The van der Waals surface area contributed by atoms with E-state index >= 15 is 0 Å². The Labute approximate surface area is 168 Å². The van der Waals surface area contributed by atoms with Crippen molar-refractivity contribution in [3.63, 3.8) is 0 Å². The van der Waals surface area contributed by atoms with Gasteiger partial charge in [0.25, 0.3) is 11.6 Å². The van der Waals surface area contributed by atoms with Crippen LogP contribution in [0, 0.1) is 0 Å². The van der Waals surface area contributed by atoms with Gasteiger partial charge in [0.15, 0.2) is 0 Å². The van der Waals surface area contributed by atoms with Crippen LogP contribution in [-0.2, 0) is 6.42 Å². The number of carbonyl (C=O) groups excluding carboxylic acids is 1. The Morgan fingerprint density at radius 2 is 2.22 bits per heavy atom. The van der Waals surface area contributed by atoms with Gasteiger partial charge >= 0.3 is 0 Å². The lowest BCUT2D eigenvalue weighted by Gasteiger charge is -2.37. The zero-order valence-electron chi connectivity index (χ0n) is 14.8. The molecule has 0 saturated carbocycles. The van der Waals surface area contributed by atoms with E-state index < -0.39 is 0 Å². The van der Waals surface area contributed by atoms with E-state index in [9.17, 15) is 4.79 Å². The second kappa shape index (κ2) is 8.25. The number of nitrogens with zero attached hydrogens (tertiary/aromatic N) is 3. The van der Waals surface area contributed by atoms with Gasteiger partial charge in [0, 0.05) is 30.9 Å². The molecular weight excluding hydrogens is 387 g/mol. The molecule has 1 saturated heterocycles. The van der Waals surface area contributed by atoms with Crippen LogP contribution in [0.4, 0.5) is 0 Å². The first kappa shape index (κ1) is 19.6. The molecule has 1 unspecified atom stereocenters. The fourth-order valence-electron chi connectivity index (χ4n) is 3.39. The molecule has 3 heterocycles. The quantitative estimate of drug-likeness (QED) is 0.718. The average Bonchev–Trinajstić information content (AvgIpc) is 3.10. The first-order valence-corrected chi connectivity index (χ1v) is 9.07. The summed E-state index contributed by atoms with van der Waals surface area (Å²) in [6.07, 6.45) is 2.28. The van der Waals surface area contributed by atoms with Crippen molar-refractivity contribution in [2.45, 2.75) is 19.4 Å². The van der Waals surface area contributed by atoms with Gasteiger partial charge in [-0.2, -0.15) is 0 Å². The Hall–Kier alpha value is -2.15. The molecular formula is C19H20Cl2N4O2. The molecule has 8 heteroatoms. The van der Waals surface area contributed by atoms with Gasteiger partial charge in [0.05, 0.1) is 22.7 Å². The number of rotatable bonds is 3. The molecule has 3 aromatic rings. The zero-order valence-corrected chi connectivity index (χ0v) is 16.4. The van der Waals surface area contributed by atoms with Gasteiger partial charge in [0.2, 0.25) is 0 Å². The maximum absolute atomic E-state index is 13.2. The smallest absolute Gasteiger partial charge is 0.257 e. The molecule has 1 N–H and O–H groups in total. The minimum absolute atomic E-state index is 0. The van der Waals surface area contributed by atoms with Crippen molar-refractivity contribution in [1.29, 1.82) is 0 Å². The lowest BCUT2D eigenvalue weighted by atomic mass is 10.0. The summed E-state index contributed by atoms with van der Waals surface area (Å²) in [6.45, 7) is 4.01. The molecule has 0 aliphatic carbocycles. The van der Waals surface area contributed by atoms with Gasteiger partial charge in [-0.05, 0) is 24.1 Å². The maximum atomic E-state index is 13.2. The third-order valence-corrected chi connectivity index (χ3v) is 5.10. The Bertz CT molecular complexity index is 960. The summed E-state index contributed by atoms with van der Waals surface area (Å²) in [4.78, 5) is 19.3. The molecule has 1 fully saturated rings. The lowest BCUT2D eigenvalue weighted by molar-refractivity contribution is 0.0634. The normalized spacial score (nSPS) is 17.0. The third kappa shape index (κ3) is 3.65. The second-order valence-electron chi connectivity index (χ2n) is 6.30. The van der Waals surface area contributed by atoms with Gasteiger partial charge in [-0.1, -0.05) is 41.9 Å². The van der Waals surface area contributed by atoms with Crippen LogP contribution in [0.1, 0.15) is 34.6 Å². The monoisotopic (exact) mass is 406 g/mol. The molecule has 2 aromatic heterocycles. The summed E-state index contributed by atoms with van der Waals surface area (Å²) in [6, 6.07) is 9.37. The Morgan fingerprint density at radius 3 is 3.00 bits per heavy atom. The van der Waals surface area contributed by atoms with Crippen LogP contribution >= 0.6 is 24.0 Å². The number of carbonyl (C=O) groups is 1. The SMILES string of the molecule is CCc1noc2ncc(C(=O)N3CCNCC3c3ccccc3Cl)cc12.Cl. The minimum atomic E-state index is -0.117. The molecule has 6 nitrogen and oxygen atoms in total. The van der Waals surface area contributed by atoms with Crippen molar-refractivity contribution < 1.29 is 9.32 Å². The molecule has 1 aliphatic rings. The summed E-state index contributed by atoms with van der Waals surface area (Å²) < 4.78 is 5.21. The predicted molar refractivity (Wildman–Crippen MR) is 107 cm³/mol. The van der Waals surface area contributed by atoms with Crippen LogP contribution < -0.4 is 5.32 Å². The summed E-state index contributed by atoms with van der Waals surface area (Å²) >= 11 is 6.38. The van der Waals surface area contributed by atoms with Gasteiger partial charge in [-0.3, -0.25) is 4.79 Å². The number of aromatic nitrogens is 2. The lowest BCUT2D eigenvalue weighted by Crippen LogP contribution is -2.48. The summed E-state index contributed by atoms with van der Waals surface area (Å²) in [5.41, 5.74) is 2.75. The Kier molecular flexibility index (Phi) is 5.99. The topological polar surface area (TPSA) is 71.3 Å². The number of amides is 1. The van der Waals surface area contributed by atoms with Crippen LogP contribution in [0.2, 0.25) is 5.02 Å². The Balaban J connectivity index is 0.00000210. The van der Waals surface area contributed by atoms with Crippen molar-refractivity contribution in [2.75, 3.05) is 19.6 Å². The molecule has 0 bridgehead atoms. The molecule has 1 aliphatic heterocycles. The predicted octanol–water partition coefficient (Wildman–Crippen LogP) is 3.65. The van der Waals surface area contributed by atoms with E-state index in [0.29, 0.717) is 29.4 Å². The third-order valence-electron chi connectivity index (χ3n) is 4.75. The number of hydrogen-bond donors (Lipinski definition) is 1. The number of fused-ring (bicyclic) bond motifs is 1. The molecule has 0 radical (unpaired) electrons. The first-order valence-electron chi connectivity index (χ1n) is 8.69. The van der Waals surface area contributed by atoms with Gasteiger partial charge in [-0.25, -0.2) is 4.98 Å². The van der Waals surface area contributed by atoms with E-state index in [1.807, 2.05) is 42.2 Å². The number of pyridine rings is 1. The average molecular weight is 407 g/mol. The van der Waals surface area contributed by atoms with E-state index in [4.69, 9.17) is 16.1 Å². The summed E-state index contributed by atoms with van der Waals surface area (Å²) in [7, 11) is 0. The maximum Gasteiger partial charge on any atom is 0.257 e. The standard InChI is InChI=1S/C19H19ClN4O2.ClH/c1-2-16-14-9-12(10-22-18(14)26-23-16)19(25)24-8-7-21-11-17(24)13-5-3-4-6-15(13)20;/h3-6,9-10,17,21H,2,7-8,11H2,1H3;1H. The van der Waals surface area contributed by atoms with Crippen molar-refractivity contribution >= 4 is 41.0 Å². The number of piperazine rings is 1. The zero-order chi connectivity index (χ0) is 18.1. The fraction of sp³-hybridized carbons (Fsp3) is 0.316. The van der Waals surface area contributed by atoms with Crippen molar-refractivity contribution in [3.8, 4) is 0 Å². The minimum Gasteiger partial charge on any atom is -0.336 e. The second-order valence-corrected chi connectivity index (χ2v) is 6.71. The summed E-state index contributed by atoms with van der Waals surface area (Å²) in [5.74, 6) is -0.0610. The van der Waals surface area contributed by atoms with E-state index in [2.05, 4.69) is 15.5 Å². The molecule has 27 heavy (non-hydrogen) atoms. The molecule has 1 aromatic carbocycles. The molecule has 4 rings (SSSR count). The molecule has 1 amide bonds. The van der Waals surface area contributed by atoms with E-state index in [1.54, 1.807) is 6.20 Å². The fourth-order valence-corrected chi connectivity index (χ4v) is 3.65. The number of hydrogen-bond acceptors (Lipinski definition) is 5. The van der Waals surface area contributed by atoms with Crippen molar-refractivity contribution in [1.82, 2.24) is 20.4 Å². The number of nitrogens with one attached hydrogen (secondary N) is 1. The van der Waals surface area contributed by atoms with Crippen molar-refractivity contribution in [2.24, 2.45) is 0 Å². The highest BCUT2D eigenvalue weighted by Gasteiger charge is 2.30. The highest BCUT2D eigenvalue weighted by atomic mass is 35.5. The number of benzene rings is 1. The van der Waals surface area contributed by atoms with Crippen LogP contribution in [0.5, 0.6) is 0 Å². The van der Waals surface area contributed by atoms with Crippen LogP contribution in [-0.4, -0.2) is 40.6 Å². The van der Waals surface area contributed by atoms with E-state index in [-0.39, 0.29) is 24.4 Å². The van der Waals surface area contributed by atoms with Gasteiger partial charge < -0.3 is 14.7 Å². The first-order chi connectivity index (χ1) is 12.7. The van der Waals surface area contributed by atoms with E-state index in [0.717, 1.165) is 29.6 Å². The largest absolute Gasteiger partial charge is 0.336 e.